The van der Waals surface area contributed by atoms with E-state index in [4.69, 9.17) is 30.6 Å². The van der Waals surface area contributed by atoms with E-state index in [1.165, 1.54) is 25.6 Å². The first kappa shape index (κ1) is 73.0. The maximum atomic E-state index is 9.76. The van der Waals surface area contributed by atoms with Gasteiger partial charge < -0.3 is 127 Å². The second-order valence-electron chi connectivity index (χ2n) is 4.85. The predicted molar refractivity (Wildman–Crippen MR) is 132 cm³/mol. The number of imide groups is 6. The molecule has 268 valence electrons. The van der Waals surface area contributed by atoms with E-state index in [-0.39, 0.29) is 144 Å². The third kappa shape index (κ3) is 64.0. The predicted octanol–water partition coefficient (Wildman–Crippen LogP) is -9.42. The Kier molecular flexibility index (Phi) is 99.9. The van der Waals surface area contributed by atoms with E-state index in [2.05, 4.69) is 9.47 Å². The van der Waals surface area contributed by atoms with Gasteiger partial charge in [0.2, 0.25) is 0 Å². The average Bonchev–Trinajstić information content (AvgIpc) is 3.10. The number of ether oxygens (including phenoxy) is 2. The molecule has 0 heterocycles. The summed E-state index contributed by atoms with van der Waals surface area (Å²) in [7, 11) is 0. The summed E-state index contributed by atoms with van der Waals surface area (Å²) in [6.07, 6.45) is 13.8. The fraction of sp³-hybridized carbons (Fsp3) is 0.200. The third-order valence-electron chi connectivity index (χ3n) is 2.42. The van der Waals surface area contributed by atoms with Gasteiger partial charge in [-0.15, -0.1) is 25.9 Å². The molecule has 0 bridgehead atoms. The van der Waals surface area contributed by atoms with Crippen molar-refractivity contribution in [2.75, 3.05) is 26.7 Å². The van der Waals surface area contributed by atoms with E-state index in [1.54, 1.807) is 0 Å². The maximum Gasteiger partial charge on any atom is 0.0137 e. The molecule has 4 N–H and O–H groups in total. The Morgan fingerprint density at radius 2 is 0.440 bits per heavy atom. The van der Waals surface area contributed by atoms with Gasteiger partial charge in [0.1, 0.15) is 0 Å². The first-order chi connectivity index (χ1) is 22.1. The van der Waals surface area contributed by atoms with Crippen LogP contribution in [-0.4, -0.2) is 159 Å². The molecule has 4 radical (unpaired) electrons. The number of amides is 12. The Hall–Kier alpha value is -2.54. The van der Waals surface area contributed by atoms with Crippen molar-refractivity contribution in [1.29, 1.82) is 0 Å². The molecule has 0 saturated heterocycles. The van der Waals surface area contributed by atoms with Crippen molar-refractivity contribution in [3.05, 3.63) is 0 Å². The normalized spacial score (nSPS) is 6.76. The summed E-state index contributed by atoms with van der Waals surface area (Å²) in [6, 6.07) is 0. The van der Waals surface area contributed by atoms with E-state index in [0.717, 1.165) is 77.2 Å². The first-order valence-electron chi connectivity index (χ1n) is 9.48. The molecule has 0 spiro atoms. The van der Waals surface area contributed by atoms with Crippen LogP contribution in [0.2, 0.25) is 0 Å². The van der Waals surface area contributed by atoms with Crippen LogP contribution in [-0.2, 0) is 217 Å². The molecule has 50 heavy (non-hydrogen) atoms. The number of nitrogens with zero attached hydrogens (tertiary/aromatic N) is 6. The number of nitrogens with two attached hydrogens (primary N) is 2. The molecule has 0 fully saturated rings. The summed E-state index contributed by atoms with van der Waals surface area (Å²) in [5, 5.41) is 0. The zero-order chi connectivity index (χ0) is 37.0. The van der Waals surface area contributed by atoms with Crippen LogP contribution in [0.25, 0.3) is 0 Å². The van der Waals surface area contributed by atoms with Crippen molar-refractivity contribution < 1.29 is 217 Å². The first-order valence-corrected chi connectivity index (χ1v) is 9.48. The molecule has 0 rings (SSSR count). The minimum absolute atomic E-state index is 0. The number of hydrogen-bond donors (Lipinski definition) is 2. The number of hydrogen-bond acceptors (Lipinski definition) is 20. The smallest absolute Gasteiger partial charge is 0.0137 e. The van der Waals surface area contributed by atoms with E-state index >= 15 is 0 Å². The fourth-order valence-electron chi connectivity index (χ4n) is 0.809. The van der Waals surface area contributed by atoms with Crippen molar-refractivity contribution in [3.8, 4) is 0 Å². The SMILES string of the molecule is NCN([C-]=O)[C-]=O.NCN([C-]=O)[C-]=O.O=[C-]N([C-]=O)CN([C-]=O)[C-]=O.O=[C-]N([C-]=O)CN([C-]=O)[C-]=O.O=[C-]O[C-]=O.O=[C-]O[C-]=O.[Y].[Y].[Y].[Y]. The molecule has 0 aliphatic heterocycles. The average molecular weight is 1010 g/mol. The molecule has 26 nitrogen and oxygen atoms in total. The molecule has 0 aromatic heterocycles. The Balaban J connectivity index is -0.0000000485. The van der Waals surface area contributed by atoms with Gasteiger partial charge in [0.05, 0.1) is 0 Å². The quantitative estimate of drug-likeness (QED) is 0.0440. The van der Waals surface area contributed by atoms with Crippen LogP contribution in [0, 0.1) is 0 Å². The second kappa shape index (κ2) is 68.4. The van der Waals surface area contributed by atoms with Gasteiger partial charge in [-0.25, -0.2) is 0 Å². The van der Waals surface area contributed by atoms with Gasteiger partial charge in [-0.3, -0.25) is 0 Å². The van der Waals surface area contributed by atoms with Crippen molar-refractivity contribution in [2.24, 2.45) is 11.5 Å². The van der Waals surface area contributed by atoms with Gasteiger partial charge in [0.15, 0.2) is 0 Å². The summed E-state index contributed by atoms with van der Waals surface area (Å²) in [5.74, 6) is 0. The summed E-state index contributed by atoms with van der Waals surface area (Å²) in [5.41, 5.74) is 9.59. The summed E-state index contributed by atoms with van der Waals surface area (Å²) in [6.45, 7) is 1.92. The topological polar surface area (TPSA) is 363 Å². The van der Waals surface area contributed by atoms with Crippen LogP contribution >= 0.6 is 0 Å². The van der Waals surface area contributed by atoms with E-state index in [1.807, 2.05) is 0 Å². The van der Waals surface area contributed by atoms with Crippen LogP contribution in [0.5, 0.6) is 0 Å². The van der Waals surface area contributed by atoms with Gasteiger partial charge in [-0.2, -0.15) is 76.9 Å². The van der Waals surface area contributed by atoms with Crippen molar-refractivity contribution in [1.82, 2.24) is 29.4 Å². The van der Waals surface area contributed by atoms with Gasteiger partial charge in [-0.1, -0.05) is 0 Å². The standard InChI is InChI=1S/2C5H2N2O4.2C3H4N2O2.2C2O3.4Y/c2*8-2-6(3-9)1-7(4-10)5-11;2*4-1-5(2-6)3-7;2*3-1-5-2-4;;;;/h2*1H2;2*1,4H2;;;;;;/q2*-4;4*-2;;;;. The Labute approximate surface area is 382 Å². The van der Waals surface area contributed by atoms with Crippen LogP contribution in [0.4, 0.5) is 0 Å². The molecule has 12 amide bonds. The van der Waals surface area contributed by atoms with Gasteiger partial charge in [0, 0.05) is 144 Å². The van der Waals surface area contributed by atoms with Gasteiger partial charge in [-0.05, 0) is 13.3 Å². The van der Waals surface area contributed by atoms with Crippen LogP contribution < -0.4 is 11.5 Å². The number of carbonyl (C=O) groups excluding carboxylic acids is 16. The third-order valence-corrected chi connectivity index (χ3v) is 2.42. The zero-order valence-corrected chi connectivity index (χ0v) is 35.7. The molecule has 0 aromatic rings. The Morgan fingerprint density at radius 1 is 0.300 bits per heavy atom. The molecule has 0 aromatic carbocycles. The van der Waals surface area contributed by atoms with Crippen LogP contribution in [0.15, 0.2) is 0 Å². The van der Waals surface area contributed by atoms with Crippen molar-refractivity contribution in [3.63, 3.8) is 0 Å². The second-order valence-corrected chi connectivity index (χ2v) is 4.85. The van der Waals surface area contributed by atoms with Gasteiger partial charge >= 0.3 is 0 Å². The molecular formula is C20H12N8O18Y4-16. The molecule has 0 aliphatic carbocycles. The van der Waals surface area contributed by atoms with E-state index < -0.39 is 13.3 Å². The molecule has 30 heteroatoms. The molecule has 0 atom stereocenters. The summed E-state index contributed by atoms with van der Waals surface area (Å²) in [4.78, 5) is 153. The van der Waals surface area contributed by atoms with E-state index in [0.29, 0.717) is 29.4 Å². The van der Waals surface area contributed by atoms with Crippen LogP contribution in [0.3, 0.4) is 0 Å². The molecule has 0 saturated carbocycles. The summed E-state index contributed by atoms with van der Waals surface area (Å²) >= 11 is 0. The maximum absolute atomic E-state index is 9.76. The van der Waals surface area contributed by atoms with E-state index in [9.17, 15) is 57.5 Å². The van der Waals surface area contributed by atoms with Crippen molar-refractivity contribution in [2.45, 2.75) is 0 Å². The zero-order valence-electron chi connectivity index (χ0n) is 24.3. The minimum atomic E-state index is -0.569. The van der Waals surface area contributed by atoms with Gasteiger partial charge in [0.25, 0.3) is 0 Å². The Morgan fingerprint density at radius 3 is 0.480 bits per heavy atom. The minimum Gasteiger partial charge on any atom is -0.783 e. The molecular weight excluding hydrogens is 996 g/mol. The summed E-state index contributed by atoms with van der Waals surface area (Å²) < 4.78 is 6.44. The molecule has 0 unspecified atom stereocenters. The largest absolute Gasteiger partial charge is 0.783 e. The fourth-order valence-corrected chi connectivity index (χ4v) is 0.809. The molecule has 0 aliphatic rings. The Bertz CT molecular complexity index is 777. The van der Waals surface area contributed by atoms with Crippen molar-refractivity contribution >= 4 is 103 Å². The van der Waals surface area contributed by atoms with Crippen LogP contribution in [0.1, 0.15) is 0 Å². The number of rotatable bonds is 22. The monoisotopic (exact) mass is 1010 g/mol.